The van der Waals surface area contributed by atoms with Crippen LogP contribution in [0, 0.1) is 0 Å². The zero-order chi connectivity index (χ0) is 27.1. The van der Waals surface area contributed by atoms with Gasteiger partial charge in [-0.1, -0.05) is 68.4 Å². The molecule has 8 nitrogen and oxygen atoms in total. The Labute approximate surface area is 232 Å². The van der Waals surface area contributed by atoms with Gasteiger partial charge in [-0.3, -0.25) is 14.2 Å². The molecule has 0 radical (unpaired) electrons. The number of hydrogen-bond acceptors (Lipinski definition) is 7. The molecular formula is C27H29N3O5S3. The monoisotopic (exact) mass is 571 g/mol. The predicted molar refractivity (Wildman–Crippen MR) is 155 cm³/mol. The van der Waals surface area contributed by atoms with Crippen LogP contribution in [0.15, 0.2) is 65.7 Å². The Kier molecular flexibility index (Phi) is 9.37. The van der Waals surface area contributed by atoms with Crippen molar-refractivity contribution in [3.8, 4) is 22.7 Å². The normalized spacial score (nSPS) is 15.0. The van der Waals surface area contributed by atoms with Crippen molar-refractivity contribution in [2.24, 2.45) is 0 Å². The second kappa shape index (κ2) is 12.7. The minimum atomic E-state index is -4.22. The summed E-state index contributed by atoms with van der Waals surface area (Å²) < 4.78 is 39.3. The number of carbonyl (C=O) groups is 1. The van der Waals surface area contributed by atoms with E-state index in [2.05, 4.69) is 6.92 Å². The molecule has 11 heteroatoms. The molecule has 0 bridgehead atoms. The number of nitrogens with zero attached hydrogens (tertiary/aromatic N) is 3. The lowest BCUT2D eigenvalue weighted by Gasteiger charge is -2.12. The van der Waals surface area contributed by atoms with Crippen molar-refractivity contribution in [1.29, 1.82) is 0 Å². The quantitative estimate of drug-likeness (QED) is 0.130. The first kappa shape index (κ1) is 28.0. The molecule has 200 valence electrons. The Morgan fingerprint density at radius 2 is 1.82 bits per heavy atom. The number of aromatic nitrogens is 2. The second-order valence-corrected chi connectivity index (χ2v) is 12.0. The van der Waals surface area contributed by atoms with Gasteiger partial charge in [-0.15, -0.1) is 0 Å². The Bertz CT molecular complexity index is 1420. The van der Waals surface area contributed by atoms with E-state index in [4.69, 9.17) is 26.6 Å². The largest absolute Gasteiger partial charge is 0.494 e. The number of hydrogen-bond donors (Lipinski definition) is 1. The van der Waals surface area contributed by atoms with Crippen molar-refractivity contribution in [3.05, 3.63) is 71.3 Å². The van der Waals surface area contributed by atoms with E-state index in [1.165, 1.54) is 17.7 Å². The van der Waals surface area contributed by atoms with E-state index in [9.17, 15) is 13.2 Å². The van der Waals surface area contributed by atoms with E-state index < -0.39 is 21.8 Å². The third-order valence-electron chi connectivity index (χ3n) is 5.89. The summed E-state index contributed by atoms with van der Waals surface area (Å²) in [6, 6.07) is 17.3. The van der Waals surface area contributed by atoms with Crippen LogP contribution in [0.4, 0.5) is 0 Å². The summed E-state index contributed by atoms with van der Waals surface area (Å²) in [6.45, 7) is 2.64. The molecule has 3 aromatic rings. The molecule has 1 saturated heterocycles. The Hall–Kier alpha value is -2.99. The number of rotatable bonds is 12. The highest BCUT2D eigenvalue weighted by molar-refractivity contribution is 8.26. The number of benzene rings is 2. The van der Waals surface area contributed by atoms with Gasteiger partial charge in [0.2, 0.25) is 0 Å². The first-order valence-corrected chi connectivity index (χ1v) is 15.2. The van der Waals surface area contributed by atoms with Gasteiger partial charge in [0.1, 0.15) is 10.1 Å². The Balaban J connectivity index is 1.61. The fourth-order valence-electron chi connectivity index (χ4n) is 3.90. The highest BCUT2D eigenvalue weighted by Crippen LogP contribution is 2.35. The van der Waals surface area contributed by atoms with Crippen LogP contribution in [0.5, 0.6) is 5.75 Å². The molecule has 4 rings (SSSR count). The zero-order valence-corrected chi connectivity index (χ0v) is 23.4. The molecule has 0 spiro atoms. The number of unbranched alkanes of at least 4 members (excludes halogenated alkanes) is 3. The number of carbonyl (C=O) groups excluding carboxylic acids is 1. The zero-order valence-electron chi connectivity index (χ0n) is 20.9. The van der Waals surface area contributed by atoms with E-state index >= 15 is 0 Å². The molecule has 1 N–H and O–H groups in total. The van der Waals surface area contributed by atoms with E-state index in [-0.39, 0.29) is 10.9 Å². The molecule has 1 amide bonds. The number of ether oxygens (including phenoxy) is 1. The van der Waals surface area contributed by atoms with Crippen LogP contribution >= 0.6 is 24.0 Å². The molecule has 2 aromatic carbocycles. The molecule has 1 aromatic heterocycles. The van der Waals surface area contributed by atoms with Crippen LogP contribution in [-0.4, -0.2) is 56.8 Å². The van der Waals surface area contributed by atoms with Gasteiger partial charge in [0.25, 0.3) is 16.0 Å². The van der Waals surface area contributed by atoms with E-state index in [1.54, 1.807) is 10.8 Å². The summed E-state index contributed by atoms with van der Waals surface area (Å²) in [5.74, 6) is -0.209. The first-order chi connectivity index (χ1) is 18.2. The van der Waals surface area contributed by atoms with Crippen LogP contribution in [0.3, 0.4) is 0 Å². The fourth-order valence-corrected chi connectivity index (χ4v) is 5.61. The highest BCUT2D eigenvalue weighted by atomic mass is 32.2. The molecule has 0 saturated carbocycles. The molecule has 0 atom stereocenters. The molecule has 2 heterocycles. The predicted octanol–water partition coefficient (Wildman–Crippen LogP) is 5.59. The Morgan fingerprint density at radius 3 is 2.50 bits per heavy atom. The number of amides is 1. The van der Waals surface area contributed by atoms with Crippen LogP contribution in [0.2, 0.25) is 0 Å². The average molecular weight is 572 g/mol. The summed E-state index contributed by atoms with van der Waals surface area (Å²) in [5, 5.41) is 4.80. The van der Waals surface area contributed by atoms with Gasteiger partial charge in [-0.05, 0) is 48.9 Å². The smallest absolute Gasteiger partial charge is 0.266 e. The molecule has 0 aliphatic carbocycles. The first-order valence-electron chi connectivity index (χ1n) is 12.3. The lowest BCUT2D eigenvalue weighted by atomic mass is 10.1. The van der Waals surface area contributed by atoms with Crippen molar-refractivity contribution in [2.45, 2.75) is 32.6 Å². The minimum absolute atomic E-state index is 0.211. The number of para-hydroxylation sites is 1. The summed E-state index contributed by atoms with van der Waals surface area (Å²) in [7, 11) is -4.22. The fraction of sp³-hybridized carbons (Fsp3) is 0.296. The maximum absolute atomic E-state index is 13.0. The van der Waals surface area contributed by atoms with Gasteiger partial charge in [-0.25, -0.2) is 4.68 Å². The van der Waals surface area contributed by atoms with Gasteiger partial charge in [0, 0.05) is 23.9 Å². The SMILES string of the molecule is CCCCCCOc1ccc(-c2nn(-c3ccccc3)cc2/C=C2\SC(=S)N(CCS(=O)(=O)O)C2=O)cc1. The van der Waals surface area contributed by atoms with E-state index in [0.717, 1.165) is 41.6 Å². The summed E-state index contributed by atoms with van der Waals surface area (Å²) >= 11 is 6.38. The number of thioether (sulfide) groups is 1. The van der Waals surface area contributed by atoms with Crippen LogP contribution < -0.4 is 4.74 Å². The minimum Gasteiger partial charge on any atom is -0.494 e. The van der Waals surface area contributed by atoms with Crippen molar-refractivity contribution < 1.29 is 22.5 Å². The topological polar surface area (TPSA) is 102 Å². The second-order valence-electron chi connectivity index (χ2n) is 8.77. The molecule has 0 unspecified atom stereocenters. The lowest BCUT2D eigenvalue weighted by molar-refractivity contribution is -0.121. The summed E-state index contributed by atoms with van der Waals surface area (Å²) in [5.41, 5.74) is 3.09. The third-order valence-corrected chi connectivity index (χ3v) is 7.97. The Morgan fingerprint density at radius 1 is 1.08 bits per heavy atom. The van der Waals surface area contributed by atoms with E-state index in [1.807, 2.05) is 60.8 Å². The van der Waals surface area contributed by atoms with Crippen LogP contribution in [0.1, 0.15) is 38.2 Å². The summed E-state index contributed by atoms with van der Waals surface area (Å²) in [6.07, 6.45) is 8.11. The molecule has 1 aliphatic rings. The van der Waals surface area contributed by atoms with Gasteiger partial charge >= 0.3 is 0 Å². The van der Waals surface area contributed by atoms with E-state index in [0.29, 0.717) is 22.8 Å². The summed E-state index contributed by atoms with van der Waals surface area (Å²) in [4.78, 5) is 14.5. The highest BCUT2D eigenvalue weighted by Gasteiger charge is 2.33. The molecule has 38 heavy (non-hydrogen) atoms. The van der Waals surface area contributed by atoms with Crippen molar-refractivity contribution in [2.75, 3.05) is 18.9 Å². The standard InChI is InChI=1S/C27H29N3O5S3/c1-2-3-4-8-16-35-23-13-11-20(12-14-23)25-21(19-30(28-25)22-9-6-5-7-10-22)18-24-26(31)29(27(36)37-24)15-17-38(32,33)34/h5-7,9-14,18-19H,2-4,8,15-17H2,1H3,(H,32,33,34)/b24-18-. The van der Waals surface area contributed by atoms with Crippen molar-refractivity contribution in [3.63, 3.8) is 0 Å². The van der Waals surface area contributed by atoms with Crippen LogP contribution in [0.25, 0.3) is 23.0 Å². The lowest BCUT2D eigenvalue weighted by Crippen LogP contribution is -2.32. The van der Waals surface area contributed by atoms with Gasteiger partial charge < -0.3 is 4.74 Å². The maximum Gasteiger partial charge on any atom is 0.266 e. The van der Waals surface area contributed by atoms with Crippen LogP contribution in [-0.2, 0) is 14.9 Å². The number of thiocarbonyl (C=S) groups is 1. The molecular weight excluding hydrogens is 543 g/mol. The van der Waals surface area contributed by atoms with Crippen molar-refractivity contribution in [1.82, 2.24) is 14.7 Å². The molecule has 1 aliphatic heterocycles. The van der Waals surface area contributed by atoms with Gasteiger partial charge in [-0.2, -0.15) is 13.5 Å². The average Bonchev–Trinajstić information content (AvgIpc) is 3.43. The van der Waals surface area contributed by atoms with Gasteiger partial charge in [0.15, 0.2) is 0 Å². The van der Waals surface area contributed by atoms with Crippen molar-refractivity contribution >= 4 is 50.4 Å². The van der Waals surface area contributed by atoms with Gasteiger partial charge in [0.05, 0.1) is 28.6 Å². The maximum atomic E-state index is 13.0. The third kappa shape index (κ3) is 7.31. The molecule has 1 fully saturated rings.